The second kappa shape index (κ2) is 9.49. The minimum Gasteiger partial charge on any atom is -0.494 e. The summed E-state index contributed by atoms with van der Waals surface area (Å²) < 4.78 is 16.5. The van der Waals surface area contributed by atoms with Gasteiger partial charge in [0.15, 0.2) is 5.70 Å². The third kappa shape index (κ3) is 5.13. The summed E-state index contributed by atoms with van der Waals surface area (Å²) in [5.74, 6) is 1.25. The lowest BCUT2D eigenvalue weighted by Gasteiger charge is -2.07. The van der Waals surface area contributed by atoms with E-state index in [9.17, 15) is 4.79 Å². The second-order valence-corrected chi connectivity index (χ2v) is 7.15. The van der Waals surface area contributed by atoms with Gasteiger partial charge in [-0.3, -0.25) is 0 Å². The van der Waals surface area contributed by atoms with E-state index in [1.54, 1.807) is 6.08 Å². The molecular weight excluding hydrogens is 414 g/mol. The standard InChI is InChI=1S/C25H20ClNO4/c1-2-29-20-13-9-18(10-14-20)24-27-23(25(28)31-24)15-17-7-11-21(12-8-17)30-16-19-5-3-4-6-22(19)26/h3-15H,2,16H2,1H3/b23-15-. The molecule has 0 N–H and O–H groups in total. The van der Waals surface area contributed by atoms with Crippen LogP contribution in [0.5, 0.6) is 11.5 Å². The van der Waals surface area contributed by atoms with E-state index in [0.29, 0.717) is 29.5 Å². The zero-order chi connectivity index (χ0) is 21.6. The van der Waals surface area contributed by atoms with Gasteiger partial charge in [-0.05, 0) is 61.0 Å². The summed E-state index contributed by atoms with van der Waals surface area (Å²) in [5, 5.41) is 0.671. The number of ether oxygens (including phenoxy) is 3. The molecule has 0 spiro atoms. The third-order valence-corrected chi connectivity index (χ3v) is 4.94. The Hall–Kier alpha value is -3.57. The Morgan fingerprint density at radius 2 is 1.61 bits per heavy atom. The Labute approximate surface area is 185 Å². The van der Waals surface area contributed by atoms with Crippen LogP contribution in [-0.2, 0) is 16.1 Å². The van der Waals surface area contributed by atoms with Crippen LogP contribution in [0.15, 0.2) is 83.5 Å². The van der Waals surface area contributed by atoms with Gasteiger partial charge in [-0.2, -0.15) is 0 Å². The first kappa shape index (κ1) is 20.7. The van der Waals surface area contributed by atoms with Crippen molar-refractivity contribution in [3.63, 3.8) is 0 Å². The summed E-state index contributed by atoms with van der Waals surface area (Å²) in [6.45, 7) is 2.89. The summed E-state index contributed by atoms with van der Waals surface area (Å²) >= 11 is 6.15. The van der Waals surface area contributed by atoms with Crippen LogP contribution >= 0.6 is 11.6 Å². The van der Waals surface area contributed by atoms with Crippen molar-refractivity contribution < 1.29 is 19.0 Å². The number of aliphatic imine (C=N–C) groups is 1. The van der Waals surface area contributed by atoms with E-state index < -0.39 is 5.97 Å². The van der Waals surface area contributed by atoms with Gasteiger partial charge in [0.05, 0.1) is 6.61 Å². The van der Waals surface area contributed by atoms with E-state index in [4.69, 9.17) is 25.8 Å². The highest BCUT2D eigenvalue weighted by molar-refractivity contribution is 6.31. The molecule has 3 aromatic rings. The largest absolute Gasteiger partial charge is 0.494 e. The normalized spacial score (nSPS) is 14.3. The number of carbonyl (C=O) groups excluding carboxylic acids is 1. The van der Waals surface area contributed by atoms with Crippen LogP contribution in [0.4, 0.5) is 0 Å². The number of rotatable bonds is 7. The number of nitrogens with zero attached hydrogens (tertiary/aromatic N) is 1. The maximum Gasteiger partial charge on any atom is 0.363 e. The molecule has 31 heavy (non-hydrogen) atoms. The number of cyclic esters (lactones) is 1. The molecule has 0 atom stereocenters. The van der Waals surface area contributed by atoms with E-state index in [2.05, 4.69) is 4.99 Å². The van der Waals surface area contributed by atoms with E-state index in [0.717, 1.165) is 16.9 Å². The van der Waals surface area contributed by atoms with Crippen LogP contribution < -0.4 is 9.47 Å². The fourth-order valence-corrected chi connectivity index (χ4v) is 3.18. The topological polar surface area (TPSA) is 57.1 Å². The van der Waals surface area contributed by atoms with Gasteiger partial charge in [0, 0.05) is 16.1 Å². The summed E-state index contributed by atoms with van der Waals surface area (Å²) in [7, 11) is 0. The van der Waals surface area contributed by atoms with Gasteiger partial charge < -0.3 is 14.2 Å². The van der Waals surface area contributed by atoms with E-state index >= 15 is 0 Å². The SMILES string of the molecule is CCOc1ccc(C2=N/C(=C\c3ccc(OCc4ccccc4Cl)cc3)C(=O)O2)cc1. The van der Waals surface area contributed by atoms with Gasteiger partial charge >= 0.3 is 5.97 Å². The fourth-order valence-electron chi connectivity index (χ4n) is 2.99. The van der Waals surface area contributed by atoms with Crippen LogP contribution in [-0.4, -0.2) is 18.5 Å². The van der Waals surface area contributed by atoms with Crippen molar-refractivity contribution in [3.05, 3.63) is 100 Å². The summed E-state index contributed by atoms with van der Waals surface area (Å²) in [5.41, 5.74) is 2.69. The van der Waals surface area contributed by atoms with Gasteiger partial charge in [0.2, 0.25) is 5.90 Å². The highest BCUT2D eigenvalue weighted by atomic mass is 35.5. The van der Waals surface area contributed by atoms with Gasteiger partial charge in [0.25, 0.3) is 0 Å². The second-order valence-electron chi connectivity index (χ2n) is 6.74. The van der Waals surface area contributed by atoms with Crippen LogP contribution in [0.25, 0.3) is 6.08 Å². The molecule has 1 aliphatic rings. The van der Waals surface area contributed by atoms with Crippen LogP contribution in [0, 0.1) is 0 Å². The quantitative estimate of drug-likeness (QED) is 0.356. The smallest absolute Gasteiger partial charge is 0.363 e. The predicted octanol–water partition coefficient (Wildman–Crippen LogP) is 5.66. The van der Waals surface area contributed by atoms with E-state index in [1.165, 1.54) is 0 Å². The first-order valence-corrected chi connectivity index (χ1v) is 10.2. The van der Waals surface area contributed by atoms with E-state index in [-0.39, 0.29) is 11.6 Å². The highest BCUT2D eigenvalue weighted by Gasteiger charge is 2.24. The van der Waals surface area contributed by atoms with Gasteiger partial charge in [-0.25, -0.2) is 9.79 Å². The summed E-state index contributed by atoms with van der Waals surface area (Å²) in [6.07, 6.45) is 1.68. The molecule has 6 heteroatoms. The molecule has 1 aliphatic heterocycles. The van der Waals surface area contributed by atoms with Gasteiger partial charge in [-0.1, -0.05) is 41.9 Å². The molecule has 0 amide bonds. The highest BCUT2D eigenvalue weighted by Crippen LogP contribution is 2.23. The van der Waals surface area contributed by atoms with Crippen molar-refractivity contribution in [1.29, 1.82) is 0 Å². The van der Waals surface area contributed by atoms with Gasteiger partial charge in [-0.15, -0.1) is 0 Å². The zero-order valence-electron chi connectivity index (χ0n) is 16.9. The lowest BCUT2D eigenvalue weighted by molar-refractivity contribution is -0.129. The monoisotopic (exact) mass is 433 g/mol. The van der Waals surface area contributed by atoms with Crippen molar-refractivity contribution in [3.8, 4) is 11.5 Å². The molecule has 0 aliphatic carbocycles. The first-order valence-electron chi connectivity index (χ1n) is 9.84. The van der Waals surface area contributed by atoms with Crippen LogP contribution in [0.3, 0.4) is 0 Å². The predicted molar refractivity (Wildman–Crippen MR) is 120 cm³/mol. The number of carbonyl (C=O) groups is 1. The summed E-state index contributed by atoms with van der Waals surface area (Å²) in [6, 6.07) is 22.2. The van der Waals surface area contributed by atoms with Crippen molar-refractivity contribution in [1.82, 2.24) is 0 Å². The number of hydrogen-bond acceptors (Lipinski definition) is 5. The van der Waals surface area contributed by atoms with Crippen molar-refractivity contribution in [2.45, 2.75) is 13.5 Å². The Kier molecular flexibility index (Phi) is 6.34. The molecule has 3 aromatic carbocycles. The fraction of sp³-hybridized carbons (Fsp3) is 0.120. The molecule has 156 valence electrons. The molecule has 0 bridgehead atoms. The number of halogens is 1. The summed E-state index contributed by atoms with van der Waals surface area (Å²) in [4.78, 5) is 16.6. The zero-order valence-corrected chi connectivity index (χ0v) is 17.6. The van der Waals surface area contributed by atoms with Crippen molar-refractivity contribution in [2.24, 2.45) is 4.99 Å². The van der Waals surface area contributed by atoms with Crippen molar-refractivity contribution in [2.75, 3.05) is 6.61 Å². The average Bonchev–Trinajstić information content (AvgIpc) is 3.15. The van der Waals surface area contributed by atoms with Gasteiger partial charge in [0.1, 0.15) is 18.1 Å². The number of esters is 1. The van der Waals surface area contributed by atoms with Crippen molar-refractivity contribution >= 4 is 29.5 Å². The van der Waals surface area contributed by atoms with E-state index in [1.807, 2.05) is 79.7 Å². The molecule has 4 rings (SSSR count). The molecule has 1 heterocycles. The van der Waals surface area contributed by atoms with Crippen LogP contribution in [0.1, 0.15) is 23.6 Å². The maximum absolute atomic E-state index is 12.2. The Balaban J connectivity index is 1.44. The molecule has 0 saturated heterocycles. The first-order chi connectivity index (χ1) is 15.1. The minimum atomic E-state index is -0.483. The molecule has 0 saturated carbocycles. The average molecular weight is 434 g/mol. The molecule has 0 aromatic heterocycles. The number of benzene rings is 3. The molecule has 0 radical (unpaired) electrons. The number of hydrogen-bond donors (Lipinski definition) is 0. The Bertz CT molecular complexity index is 1130. The molecular formula is C25H20ClNO4. The molecule has 5 nitrogen and oxygen atoms in total. The maximum atomic E-state index is 12.2. The lowest BCUT2D eigenvalue weighted by atomic mass is 10.2. The Morgan fingerprint density at radius 3 is 2.32 bits per heavy atom. The minimum absolute atomic E-state index is 0.244. The lowest BCUT2D eigenvalue weighted by Crippen LogP contribution is -2.05. The van der Waals surface area contributed by atoms with Crippen LogP contribution in [0.2, 0.25) is 5.02 Å². The molecule has 0 unspecified atom stereocenters. The third-order valence-electron chi connectivity index (χ3n) is 4.57. The Morgan fingerprint density at radius 1 is 0.935 bits per heavy atom. The molecule has 0 fully saturated rings.